The minimum atomic E-state index is 0.308. The third-order valence-electron chi connectivity index (χ3n) is 3.38. The van der Waals surface area contributed by atoms with Crippen LogP contribution in [-0.2, 0) is 6.61 Å². The molecule has 0 unspecified atom stereocenters. The first-order valence-electron chi connectivity index (χ1n) is 8.44. The third kappa shape index (κ3) is 6.90. The Morgan fingerprint density at radius 1 is 1.11 bits per heavy atom. The van der Waals surface area contributed by atoms with E-state index in [1.165, 1.54) is 0 Å². The molecule has 0 radical (unpaired) electrons. The third-order valence-corrected chi connectivity index (χ3v) is 4.21. The smallest absolute Gasteiger partial charge is 0.186 e. The molecule has 2 N–H and O–H groups in total. The second kappa shape index (κ2) is 11.0. The summed E-state index contributed by atoms with van der Waals surface area (Å²) in [4.78, 5) is 0. The summed E-state index contributed by atoms with van der Waals surface area (Å²) in [7, 11) is 0. The second-order valence-electron chi connectivity index (χ2n) is 5.39. The molecule has 0 saturated heterocycles. The van der Waals surface area contributed by atoms with Crippen LogP contribution in [0.3, 0.4) is 0 Å². The van der Waals surface area contributed by atoms with E-state index in [1.807, 2.05) is 38.1 Å². The van der Waals surface area contributed by atoms with Crippen molar-refractivity contribution in [3.8, 4) is 11.5 Å². The van der Waals surface area contributed by atoms with Crippen molar-refractivity contribution in [2.45, 2.75) is 20.5 Å². The zero-order valence-corrected chi connectivity index (χ0v) is 17.4. The van der Waals surface area contributed by atoms with Gasteiger partial charge in [0.15, 0.2) is 16.6 Å². The molecule has 27 heavy (non-hydrogen) atoms. The molecule has 0 aliphatic heterocycles. The second-order valence-corrected chi connectivity index (χ2v) is 6.64. The van der Waals surface area contributed by atoms with Gasteiger partial charge in [-0.15, -0.1) is 0 Å². The van der Waals surface area contributed by atoms with Crippen molar-refractivity contribution < 1.29 is 9.47 Å². The van der Waals surface area contributed by atoms with Gasteiger partial charge in [-0.25, -0.2) is 0 Å². The quantitative estimate of drug-likeness (QED) is 0.361. The fraction of sp³-hybridized carbons (Fsp3) is 0.263. The first-order chi connectivity index (χ1) is 13.0. The number of rotatable bonds is 8. The summed E-state index contributed by atoms with van der Waals surface area (Å²) in [5, 5.41) is 8.68. The SMILES string of the molecule is CCNC(=S)N/N=C/c1ccc(OCc2ccc(Cl)cc2Cl)c(OCC)c1. The summed E-state index contributed by atoms with van der Waals surface area (Å²) in [5.74, 6) is 1.25. The molecule has 0 aliphatic rings. The van der Waals surface area contributed by atoms with E-state index in [0.717, 1.165) is 17.7 Å². The molecule has 0 bridgehead atoms. The molecule has 5 nitrogen and oxygen atoms in total. The molecule has 0 spiro atoms. The lowest BCUT2D eigenvalue weighted by Gasteiger charge is -2.13. The van der Waals surface area contributed by atoms with Crippen molar-refractivity contribution in [3.63, 3.8) is 0 Å². The van der Waals surface area contributed by atoms with E-state index in [1.54, 1.807) is 18.3 Å². The van der Waals surface area contributed by atoms with Crippen molar-refractivity contribution in [2.75, 3.05) is 13.2 Å². The predicted molar refractivity (Wildman–Crippen MR) is 115 cm³/mol. The minimum Gasteiger partial charge on any atom is -0.490 e. The van der Waals surface area contributed by atoms with Crippen molar-refractivity contribution in [1.29, 1.82) is 0 Å². The molecule has 0 aliphatic carbocycles. The molecule has 144 valence electrons. The Bertz CT molecular complexity index is 816. The summed E-state index contributed by atoms with van der Waals surface area (Å²) in [6.45, 7) is 5.43. The van der Waals surface area contributed by atoms with Gasteiger partial charge in [-0.1, -0.05) is 29.3 Å². The van der Waals surface area contributed by atoms with Crippen LogP contribution in [0.1, 0.15) is 25.0 Å². The Morgan fingerprint density at radius 2 is 1.93 bits per heavy atom. The van der Waals surface area contributed by atoms with Crippen molar-refractivity contribution in [1.82, 2.24) is 10.7 Å². The van der Waals surface area contributed by atoms with Gasteiger partial charge in [0.25, 0.3) is 0 Å². The first kappa shape index (κ1) is 21.3. The number of ether oxygens (including phenoxy) is 2. The lowest BCUT2D eigenvalue weighted by atomic mass is 10.2. The standard InChI is InChI=1S/C19H21Cl2N3O2S/c1-3-22-19(27)24-23-11-13-5-8-17(18(9-13)25-4-2)26-12-14-6-7-15(20)10-16(14)21/h5-11H,3-4,12H2,1-2H3,(H2,22,24,27)/b23-11+. The van der Waals surface area contributed by atoms with Gasteiger partial charge < -0.3 is 14.8 Å². The number of hydrogen-bond donors (Lipinski definition) is 2. The van der Waals surface area contributed by atoms with Crippen molar-refractivity contribution in [2.24, 2.45) is 5.10 Å². The maximum atomic E-state index is 6.19. The van der Waals surface area contributed by atoms with Crippen LogP contribution < -0.4 is 20.2 Å². The molecular formula is C19H21Cl2N3O2S. The maximum absolute atomic E-state index is 6.19. The van der Waals surface area contributed by atoms with Crippen LogP contribution in [-0.4, -0.2) is 24.5 Å². The maximum Gasteiger partial charge on any atom is 0.186 e. The highest BCUT2D eigenvalue weighted by atomic mass is 35.5. The zero-order valence-electron chi connectivity index (χ0n) is 15.1. The molecule has 2 aromatic rings. The molecule has 0 saturated carbocycles. The highest BCUT2D eigenvalue weighted by molar-refractivity contribution is 7.80. The number of benzene rings is 2. The Kier molecular flexibility index (Phi) is 8.64. The van der Waals surface area contributed by atoms with Gasteiger partial charge in [0.2, 0.25) is 0 Å². The van der Waals surface area contributed by atoms with Crippen LogP contribution in [0, 0.1) is 0 Å². The van der Waals surface area contributed by atoms with Gasteiger partial charge in [0.1, 0.15) is 6.61 Å². The number of hydrogen-bond acceptors (Lipinski definition) is 4. The summed E-state index contributed by atoms with van der Waals surface area (Å²) < 4.78 is 11.6. The van der Waals surface area contributed by atoms with Gasteiger partial charge in [0, 0.05) is 22.2 Å². The first-order valence-corrected chi connectivity index (χ1v) is 9.60. The number of hydrazone groups is 1. The van der Waals surface area contributed by atoms with Crippen LogP contribution in [0.5, 0.6) is 11.5 Å². The van der Waals surface area contributed by atoms with E-state index >= 15 is 0 Å². The van der Waals surface area contributed by atoms with Gasteiger partial charge in [-0.3, -0.25) is 5.43 Å². The van der Waals surface area contributed by atoms with Crippen molar-refractivity contribution in [3.05, 3.63) is 57.6 Å². The van der Waals surface area contributed by atoms with E-state index in [4.69, 9.17) is 44.9 Å². The Balaban J connectivity index is 2.07. The average molecular weight is 426 g/mol. The fourth-order valence-electron chi connectivity index (χ4n) is 2.15. The normalized spacial score (nSPS) is 10.7. The molecular weight excluding hydrogens is 405 g/mol. The Labute approximate surface area is 174 Å². The molecule has 0 aromatic heterocycles. The fourth-order valence-corrected chi connectivity index (χ4v) is 2.81. The highest BCUT2D eigenvalue weighted by Crippen LogP contribution is 2.30. The summed E-state index contributed by atoms with van der Waals surface area (Å²) in [6, 6.07) is 10.9. The van der Waals surface area contributed by atoms with Crippen LogP contribution >= 0.6 is 35.4 Å². The van der Waals surface area contributed by atoms with Crippen LogP contribution in [0.15, 0.2) is 41.5 Å². The minimum absolute atomic E-state index is 0.308. The molecule has 2 aromatic carbocycles. The Hall–Kier alpha value is -2.02. The molecule has 0 amide bonds. The number of nitrogens with one attached hydrogen (secondary N) is 2. The zero-order chi connectivity index (χ0) is 19.6. The summed E-state index contributed by atoms with van der Waals surface area (Å²) >= 11 is 17.2. The lowest BCUT2D eigenvalue weighted by molar-refractivity contribution is 0.269. The van der Waals surface area contributed by atoms with E-state index in [0.29, 0.717) is 39.9 Å². The molecule has 0 fully saturated rings. The molecule has 0 heterocycles. The van der Waals surface area contributed by atoms with Gasteiger partial charge in [0.05, 0.1) is 12.8 Å². The van der Waals surface area contributed by atoms with Crippen LogP contribution in [0.4, 0.5) is 0 Å². The topological polar surface area (TPSA) is 54.9 Å². The summed E-state index contributed by atoms with van der Waals surface area (Å²) in [5.41, 5.74) is 4.44. The van der Waals surface area contributed by atoms with Gasteiger partial charge in [-0.2, -0.15) is 5.10 Å². The van der Waals surface area contributed by atoms with Gasteiger partial charge >= 0.3 is 0 Å². The van der Waals surface area contributed by atoms with E-state index in [9.17, 15) is 0 Å². The largest absolute Gasteiger partial charge is 0.490 e. The summed E-state index contributed by atoms with van der Waals surface area (Å²) in [6.07, 6.45) is 1.66. The van der Waals surface area contributed by atoms with E-state index in [-0.39, 0.29) is 0 Å². The number of halogens is 2. The molecule has 8 heteroatoms. The highest BCUT2D eigenvalue weighted by Gasteiger charge is 2.08. The van der Waals surface area contributed by atoms with E-state index in [2.05, 4.69) is 15.8 Å². The predicted octanol–water partition coefficient (Wildman–Crippen LogP) is 4.79. The van der Waals surface area contributed by atoms with E-state index < -0.39 is 0 Å². The Morgan fingerprint density at radius 3 is 2.63 bits per heavy atom. The monoisotopic (exact) mass is 425 g/mol. The van der Waals surface area contributed by atoms with Crippen LogP contribution in [0.2, 0.25) is 10.0 Å². The number of thiocarbonyl (C=S) groups is 1. The van der Waals surface area contributed by atoms with Gasteiger partial charge in [-0.05, 0) is 62.0 Å². The van der Waals surface area contributed by atoms with Crippen LogP contribution in [0.25, 0.3) is 0 Å². The van der Waals surface area contributed by atoms with Crippen molar-refractivity contribution >= 4 is 46.7 Å². The molecule has 0 atom stereocenters. The lowest BCUT2D eigenvalue weighted by Crippen LogP contribution is -2.31. The number of nitrogens with zero attached hydrogens (tertiary/aromatic N) is 1. The molecule has 2 rings (SSSR count). The average Bonchev–Trinajstić information content (AvgIpc) is 2.63.